The maximum Gasteiger partial charge on any atom is 0.312 e. The van der Waals surface area contributed by atoms with Crippen LogP contribution in [0.25, 0.3) is 0 Å². The van der Waals surface area contributed by atoms with Gasteiger partial charge in [-0.15, -0.1) is 0 Å². The summed E-state index contributed by atoms with van der Waals surface area (Å²) < 4.78 is 12.3. The summed E-state index contributed by atoms with van der Waals surface area (Å²) in [5.41, 5.74) is 1.84. The van der Waals surface area contributed by atoms with Crippen LogP contribution in [0.4, 0.5) is 0 Å². The third-order valence-electron chi connectivity index (χ3n) is 9.18. The molecule has 1 fully saturated rings. The monoisotopic (exact) mass is 518 g/mol. The van der Waals surface area contributed by atoms with Crippen molar-refractivity contribution in [3.05, 3.63) is 76.6 Å². The molecule has 5 atom stereocenters. The fourth-order valence-corrected chi connectivity index (χ4v) is 7.15. The molecule has 3 N–H and O–H groups in total. The molecule has 0 aromatic heterocycles. The summed E-state index contributed by atoms with van der Waals surface area (Å²) in [5, 5.41) is 25.1. The molecule has 6 rings (SSSR count). The van der Waals surface area contributed by atoms with Crippen molar-refractivity contribution in [2.75, 3.05) is 20.1 Å². The van der Waals surface area contributed by atoms with Crippen molar-refractivity contribution in [1.82, 2.24) is 10.2 Å². The van der Waals surface area contributed by atoms with Crippen molar-refractivity contribution in [3.8, 4) is 5.75 Å². The van der Waals surface area contributed by atoms with Gasteiger partial charge in [0, 0.05) is 30.1 Å². The summed E-state index contributed by atoms with van der Waals surface area (Å²) in [4.78, 5) is 27.7. The van der Waals surface area contributed by atoms with Crippen LogP contribution in [0, 0.1) is 0 Å². The third kappa shape index (κ3) is 3.54. The molecule has 1 saturated heterocycles. The van der Waals surface area contributed by atoms with E-state index in [9.17, 15) is 19.8 Å². The standard InChI is InChI=1S/C30H34N2O6/c1-18(19-6-4-3-5-7-19)28(35)31-14-11-24(34)37-22-10-12-30(36)23-16-20-8-9-21(17-33)26-25(20)29(30,27(22)38-26)13-15-32(23)2/h3-10,18,23,27,33,36H,11-17H2,1-2H3,(H,31,35)/t18?,23-,27?,29?,30-/m1/s1. The average Bonchev–Trinajstić information content (AvgIpc) is 3.28. The zero-order valence-electron chi connectivity index (χ0n) is 21.8. The Kier molecular flexibility index (Phi) is 6.09. The van der Waals surface area contributed by atoms with Crippen LogP contribution in [-0.4, -0.2) is 64.9 Å². The second kappa shape index (κ2) is 9.22. The first-order valence-electron chi connectivity index (χ1n) is 13.4. The van der Waals surface area contributed by atoms with Crippen LogP contribution in [0.15, 0.2) is 54.3 Å². The van der Waals surface area contributed by atoms with Crippen molar-refractivity contribution in [2.45, 2.75) is 68.3 Å². The molecule has 2 aliphatic carbocycles. The Bertz CT molecular complexity index is 1310. The van der Waals surface area contributed by atoms with Crippen molar-refractivity contribution in [1.29, 1.82) is 0 Å². The summed E-state index contributed by atoms with van der Waals surface area (Å²) >= 11 is 0. The number of amides is 1. The third-order valence-corrected chi connectivity index (χ3v) is 9.18. The number of aliphatic hydroxyl groups excluding tert-OH is 1. The number of benzene rings is 2. The number of hydrogen-bond acceptors (Lipinski definition) is 7. The summed E-state index contributed by atoms with van der Waals surface area (Å²) in [6.07, 6.45) is 2.84. The number of piperidine rings is 1. The number of nitrogens with zero attached hydrogens (tertiary/aromatic N) is 1. The van der Waals surface area contributed by atoms with E-state index in [1.54, 1.807) is 6.08 Å². The number of nitrogens with one attached hydrogen (secondary N) is 1. The van der Waals surface area contributed by atoms with Crippen LogP contribution in [0.5, 0.6) is 5.75 Å². The maximum atomic E-state index is 12.9. The van der Waals surface area contributed by atoms with E-state index in [2.05, 4.69) is 10.2 Å². The molecule has 0 radical (unpaired) electrons. The number of carbonyl (C=O) groups excluding carboxylic acids is 2. The van der Waals surface area contributed by atoms with Crippen LogP contribution < -0.4 is 10.1 Å². The van der Waals surface area contributed by atoms with E-state index in [1.807, 2.05) is 56.4 Å². The Hall–Kier alpha value is -3.20. The zero-order chi connectivity index (χ0) is 26.7. The van der Waals surface area contributed by atoms with Crippen LogP contribution in [0.3, 0.4) is 0 Å². The van der Waals surface area contributed by atoms with Gasteiger partial charge in [0.15, 0.2) is 6.10 Å². The molecular weight excluding hydrogens is 484 g/mol. The molecule has 1 spiro atoms. The minimum atomic E-state index is -1.07. The number of likely N-dealkylation sites (N-methyl/N-ethyl adjacent to an activating group) is 1. The molecule has 4 aliphatic rings. The number of likely N-dealkylation sites (tertiary alicyclic amines) is 1. The van der Waals surface area contributed by atoms with Gasteiger partial charge in [0.25, 0.3) is 0 Å². The topological polar surface area (TPSA) is 108 Å². The van der Waals surface area contributed by atoms with Crippen molar-refractivity contribution < 1.29 is 29.3 Å². The second-order valence-corrected chi connectivity index (χ2v) is 11.0. The fraction of sp³-hybridized carbons (Fsp3) is 0.467. The Balaban J connectivity index is 1.20. The molecule has 2 heterocycles. The first kappa shape index (κ1) is 25.1. The number of aliphatic hydroxyl groups is 2. The van der Waals surface area contributed by atoms with E-state index in [-0.39, 0.29) is 37.4 Å². The molecule has 38 heavy (non-hydrogen) atoms. The highest BCUT2D eigenvalue weighted by molar-refractivity contribution is 5.83. The zero-order valence-corrected chi connectivity index (χ0v) is 21.8. The van der Waals surface area contributed by atoms with E-state index >= 15 is 0 Å². The van der Waals surface area contributed by atoms with E-state index in [4.69, 9.17) is 9.47 Å². The molecular formula is C30H34N2O6. The van der Waals surface area contributed by atoms with Gasteiger partial charge in [-0.1, -0.05) is 42.5 Å². The lowest BCUT2D eigenvalue weighted by atomic mass is 9.50. The van der Waals surface area contributed by atoms with E-state index in [0.29, 0.717) is 36.3 Å². The SMILES string of the molecule is CC(C(=O)NCCC(=O)OC1=CC[C@@]2(O)[C@H]3Cc4ccc(CO)c5c4C2(CCN3C)C1O5)c1ccccc1. The van der Waals surface area contributed by atoms with Gasteiger partial charge in [-0.25, -0.2) is 0 Å². The van der Waals surface area contributed by atoms with Crippen LogP contribution >= 0.6 is 0 Å². The highest BCUT2D eigenvalue weighted by Gasteiger charge is 2.71. The van der Waals surface area contributed by atoms with Gasteiger partial charge >= 0.3 is 5.97 Å². The smallest absolute Gasteiger partial charge is 0.312 e. The van der Waals surface area contributed by atoms with Crippen molar-refractivity contribution >= 4 is 11.9 Å². The summed E-state index contributed by atoms with van der Waals surface area (Å²) in [6, 6.07) is 13.3. The van der Waals surface area contributed by atoms with Crippen LogP contribution in [0.2, 0.25) is 0 Å². The maximum absolute atomic E-state index is 12.9. The number of esters is 1. The summed E-state index contributed by atoms with van der Waals surface area (Å²) in [7, 11) is 2.04. The van der Waals surface area contributed by atoms with E-state index < -0.39 is 23.1 Å². The number of hydrogen-bond donors (Lipinski definition) is 3. The lowest BCUT2D eigenvalue weighted by molar-refractivity contribution is -0.169. The largest absolute Gasteiger partial charge is 0.481 e. The molecule has 8 nitrogen and oxygen atoms in total. The Morgan fingerprint density at radius 2 is 2.03 bits per heavy atom. The van der Waals surface area contributed by atoms with Crippen LogP contribution in [-0.2, 0) is 32.8 Å². The highest BCUT2D eigenvalue weighted by Crippen LogP contribution is 2.64. The predicted molar refractivity (Wildman–Crippen MR) is 139 cm³/mol. The number of ether oxygens (including phenoxy) is 2. The van der Waals surface area contributed by atoms with Gasteiger partial charge in [-0.2, -0.15) is 0 Å². The van der Waals surface area contributed by atoms with Crippen molar-refractivity contribution in [2.24, 2.45) is 0 Å². The number of rotatable bonds is 7. The fourth-order valence-electron chi connectivity index (χ4n) is 7.15. The predicted octanol–water partition coefficient (Wildman–Crippen LogP) is 2.31. The molecule has 1 amide bonds. The average molecular weight is 519 g/mol. The van der Waals surface area contributed by atoms with Crippen molar-refractivity contribution in [3.63, 3.8) is 0 Å². The molecule has 2 bridgehead atoms. The van der Waals surface area contributed by atoms with Gasteiger partial charge in [0.2, 0.25) is 5.91 Å². The lowest BCUT2D eigenvalue weighted by Crippen LogP contribution is -2.74. The minimum absolute atomic E-state index is 0.0139. The van der Waals surface area contributed by atoms with Gasteiger partial charge < -0.3 is 29.9 Å². The minimum Gasteiger partial charge on any atom is -0.481 e. The first-order valence-corrected chi connectivity index (χ1v) is 13.4. The molecule has 2 aromatic carbocycles. The Morgan fingerprint density at radius 3 is 2.79 bits per heavy atom. The Labute approximate surface area is 222 Å². The normalized spacial score (nSPS) is 29.5. The molecule has 0 saturated carbocycles. The molecule has 2 aromatic rings. The molecule has 8 heteroatoms. The van der Waals surface area contributed by atoms with Gasteiger partial charge in [0.05, 0.1) is 30.0 Å². The summed E-state index contributed by atoms with van der Waals surface area (Å²) in [6.45, 7) is 2.60. The van der Waals surface area contributed by atoms with Gasteiger partial charge in [-0.3, -0.25) is 9.59 Å². The number of carbonyl (C=O) groups is 2. The molecule has 2 aliphatic heterocycles. The van der Waals surface area contributed by atoms with Gasteiger partial charge in [0.1, 0.15) is 11.5 Å². The lowest BCUT2D eigenvalue weighted by Gasteiger charge is -2.61. The molecule has 3 unspecified atom stereocenters. The quantitative estimate of drug-likeness (QED) is 0.483. The van der Waals surface area contributed by atoms with E-state index in [1.165, 1.54) is 0 Å². The van der Waals surface area contributed by atoms with Gasteiger partial charge in [-0.05, 0) is 50.6 Å². The Morgan fingerprint density at radius 1 is 1.24 bits per heavy atom. The first-order chi connectivity index (χ1) is 18.3. The van der Waals surface area contributed by atoms with Crippen LogP contribution in [0.1, 0.15) is 54.4 Å². The molecule has 200 valence electrons. The second-order valence-electron chi connectivity index (χ2n) is 11.0. The highest BCUT2D eigenvalue weighted by atomic mass is 16.6. The van der Waals surface area contributed by atoms with E-state index in [0.717, 1.165) is 23.2 Å². The summed E-state index contributed by atoms with van der Waals surface area (Å²) in [5.74, 6) is 0.0765.